The van der Waals surface area contributed by atoms with Crippen LogP contribution in [0.4, 0.5) is 22.0 Å². The van der Waals surface area contributed by atoms with Crippen LogP contribution in [0.5, 0.6) is 0 Å². The van der Waals surface area contributed by atoms with Gasteiger partial charge in [-0.25, -0.2) is 4.79 Å². The lowest BCUT2D eigenvalue weighted by Gasteiger charge is -2.25. The van der Waals surface area contributed by atoms with E-state index in [2.05, 4.69) is 0 Å². The number of nitrogens with one attached hydrogen (secondary N) is 1. The van der Waals surface area contributed by atoms with Gasteiger partial charge in [-0.15, -0.1) is 0 Å². The van der Waals surface area contributed by atoms with Gasteiger partial charge in [-0.05, 0) is 19.8 Å². The van der Waals surface area contributed by atoms with Crippen LogP contribution in [0.1, 0.15) is 27.7 Å². The molecule has 0 saturated heterocycles. The molecule has 0 rings (SSSR count). The smallest absolute Gasteiger partial charge is 0.461 e. The van der Waals surface area contributed by atoms with Gasteiger partial charge in [0.1, 0.15) is 6.04 Å². The van der Waals surface area contributed by atoms with Crippen molar-refractivity contribution < 1.29 is 36.3 Å². The third kappa shape index (κ3) is 4.61. The van der Waals surface area contributed by atoms with E-state index in [9.17, 15) is 31.5 Å². The summed E-state index contributed by atoms with van der Waals surface area (Å²) >= 11 is 0. The number of hydrogen-bond donors (Lipinski definition) is 1. The molecule has 0 aliphatic heterocycles. The van der Waals surface area contributed by atoms with Crippen molar-refractivity contribution in [1.82, 2.24) is 5.32 Å². The maximum Gasteiger partial charge on any atom is 0.463 e. The average molecular weight is 305 g/mol. The Bertz CT molecular complexity index is 366. The molecule has 0 fully saturated rings. The summed E-state index contributed by atoms with van der Waals surface area (Å²) in [5.41, 5.74) is 0. The van der Waals surface area contributed by atoms with Gasteiger partial charge in [-0.1, -0.05) is 13.8 Å². The molecule has 0 heterocycles. The first-order chi connectivity index (χ1) is 8.80. The summed E-state index contributed by atoms with van der Waals surface area (Å²) in [6, 6.07) is -1.59. The van der Waals surface area contributed by atoms with Gasteiger partial charge in [-0.3, -0.25) is 4.79 Å². The minimum Gasteiger partial charge on any atom is -0.461 e. The van der Waals surface area contributed by atoms with E-state index in [0.717, 1.165) is 0 Å². The number of alkyl halides is 5. The van der Waals surface area contributed by atoms with Gasteiger partial charge in [-0.2, -0.15) is 22.0 Å². The molecule has 1 N–H and O–H groups in total. The number of ether oxygens (including phenoxy) is 1. The summed E-state index contributed by atoms with van der Waals surface area (Å²) < 4.78 is 66.3. The van der Waals surface area contributed by atoms with Gasteiger partial charge in [0, 0.05) is 0 Å². The summed E-state index contributed by atoms with van der Waals surface area (Å²) in [6.45, 7) is 5.69. The highest BCUT2D eigenvalue weighted by Crippen LogP contribution is 2.35. The highest BCUT2D eigenvalue weighted by atomic mass is 19.4. The predicted molar refractivity (Wildman–Crippen MR) is 59.0 cm³/mol. The zero-order valence-corrected chi connectivity index (χ0v) is 11.3. The third-order valence-electron chi connectivity index (χ3n) is 2.20. The van der Waals surface area contributed by atoms with Crippen LogP contribution in [0.3, 0.4) is 0 Å². The Morgan fingerprint density at radius 3 is 1.75 bits per heavy atom. The standard InChI is InChI=1S/C11H16F5NO3/c1-5(2)7(8(18)20-6(3)4)17-9(19)10(12,13)11(14,15)16/h5-7H,1-4H3,(H,17,19)/t7-/m0/s1. The SMILES string of the molecule is CC(C)OC(=O)[C@@H](NC(=O)C(F)(F)C(F)(F)F)C(C)C. The Hall–Kier alpha value is -1.41. The van der Waals surface area contributed by atoms with Crippen LogP contribution in [-0.4, -0.2) is 36.1 Å². The lowest BCUT2D eigenvalue weighted by molar-refractivity contribution is -0.270. The molecule has 0 aliphatic rings. The van der Waals surface area contributed by atoms with E-state index >= 15 is 0 Å². The van der Waals surface area contributed by atoms with Crippen LogP contribution in [0.25, 0.3) is 0 Å². The fourth-order valence-corrected chi connectivity index (χ4v) is 1.16. The fourth-order valence-electron chi connectivity index (χ4n) is 1.16. The second-order valence-electron chi connectivity index (χ2n) is 4.75. The summed E-state index contributed by atoms with van der Waals surface area (Å²) in [6.07, 6.45) is -6.62. The van der Waals surface area contributed by atoms with Crippen molar-refractivity contribution >= 4 is 11.9 Å². The molecular formula is C11H16F5NO3. The molecule has 4 nitrogen and oxygen atoms in total. The Kier molecular flexibility index (Phi) is 5.91. The Labute approximate surface area is 112 Å². The maximum atomic E-state index is 12.8. The monoisotopic (exact) mass is 305 g/mol. The summed E-state index contributed by atoms with van der Waals surface area (Å²) in [7, 11) is 0. The number of carbonyl (C=O) groups is 2. The van der Waals surface area contributed by atoms with Gasteiger partial charge < -0.3 is 10.1 Å². The second-order valence-corrected chi connectivity index (χ2v) is 4.75. The van der Waals surface area contributed by atoms with Gasteiger partial charge in [0.15, 0.2) is 0 Å². The van der Waals surface area contributed by atoms with Crippen molar-refractivity contribution in [3.8, 4) is 0 Å². The first kappa shape index (κ1) is 18.6. The molecule has 0 aliphatic carbocycles. The van der Waals surface area contributed by atoms with Crippen LogP contribution in [0, 0.1) is 5.92 Å². The Morgan fingerprint density at radius 2 is 1.45 bits per heavy atom. The number of esters is 1. The van der Waals surface area contributed by atoms with E-state index in [1.54, 1.807) is 0 Å². The molecule has 0 radical (unpaired) electrons. The molecule has 1 atom stereocenters. The number of rotatable bonds is 5. The molecule has 0 aromatic carbocycles. The first-order valence-electron chi connectivity index (χ1n) is 5.76. The third-order valence-corrected chi connectivity index (χ3v) is 2.20. The van der Waals surface area contributed by atoms with Crippen LogP contribution in [0.15, 0.2) is 0 Å². The van der Waals surface area contributed by atoms with Gasteiger partial charge in [0.05, 0.1) is 6.10 Å². The molecule has 118 valence electrons. The lowest BCUT2D eigenvalue weighted by atomic mass is 10.0. The number of hydrogen-bond acceptors (Lipinski definition) is 3. The topological polar surface area (TPSA) is 55.4 Å². The van der Waals surface area contributed by atoms with E-state index in [4.69, 9.17) is 4.74 Å². The zero-order valence-electron chi connectivity index (χ0n) is 11.3. The molecular weight excluding hydrogens is 289 g/mol. The molecule has 0 unspecified atom stereocenters. The first-order valence-corrected chi connectivity index (χ1v) is 5.76. The normalized spacial score (nSPS) is 14.3. The maximum absolute atomic E-state index is 12.8. The summed E-state index contributed by atoms with van der Waals surface area (Å²) in [4.78, 5) is 22.6. The zero-order chi connectivity index (χ0) is 16.3. The number of carbonyl (C=O) groups excluding carboxylic acids is 2. The van der Waals surface area contributed by atoms with Gasteiger partial charge in [0.2, 0.25) is 0 Å². The summed E-state index contributed by atoms with van der Waals surface area (Å²) in [5, 5.41) is 1.38. The minimum absolute atomic E-state index is 0.594. The molecule has 0 spiro atoms. The fraction of sp³-hybridized carbons (Fsp3) is 0.818. The highest BCUT2D eigenvalue weighted by Gasteiger charge is 2.63. The molecule has 20 heavy (non-hydrogen) atoms. The molecule has 0 aromatic heterocycles. The second kappa shape index (κ2) is 6.36. The van der Waals surface area contributed by atoms with E-state index in [1.807, 2.05) is 0 Å². The van der Waals surface area contributed by atoms with Crippen LogP contribution in [0.2, 0.25) is 0 Å². The molecule has 9 heteroatoms. The predicted octanol–water partition coefficient (Wildman–Crippen LogP) is 2.28. The van der Waals surface area contributed by atoms with E-state index in [0.29, 0.717) is 0 Å². The molecule has 0 saturated carbocycles. The molecule has 0 aromatic rings. The average Bonchev–Trinajstić information content (AvgIpc) is 2.21. The number of amides is 1. The van der Waals surface area contributed by atoms with Crippen molar-refractivity contribution in [3.05, 3.63) is 0 Å². The Morgan fingerprint density at radius 1 is 1.00 bits per heavy atom. The Balaban J connectivity index is 5.03. The summed E-state index contributed by atoms with van der Waals surface area (Å²) in [5.74, 6) is -9.93. The van der Waals surface area contributed by atoms with Crippen molar-refractivity contribution in [3.63, 3.8) is 0 Å². The van der Waals surface area contributed by atoms with Crippen molar-refractivity contribution in [1.29, 1.82) is 0 Å². The minimum atomic E-state index is -6.03. The lowest BCUT2D eigenvalue weighted by Crippen LogP contribution is -2.56. The van der Waals surface area contributed by atoms with Crippen LogP contribution in [-0.2, 0) is 14.3 Å². The highest BCUT2D eigenvalue weighted by molar-refractivity contribution is 5.89. The van der Waals surface area contributed by atoms with Crippen molar-refractivity contribution in [2.45, 2.75) is 51.9 Å². The quantitative estimate of drug-likeness (QED) is 0.626. The van der Waals surface area contributed by atoms with Crippen molar-refractivity contribution in [2.75, 3.05) is 0 Å². The molecule has 0 bridgehead atoms. The van der Waals surface area contributed by atoms with Gasteiger partial charge in [0.25, 0.3) is 0 Å². The van der Waals surface area contributed by atoms with E-state index in [1.165, 1.54) is 33.0 Å². The van der Waals surface area contributed by atoms with E-state index < -0.39 is 42.0 Å². The molecule has 1 amide bonds. The van der Waals surface area contributed by atoms with E-state index in [-0.39, 0.29) is 0 Å². The number of halogens is 5. The van der Waals surface area contributed by atoms with Crippen LogP contribution >= 0.6 is 0 Å². The van der Waals surface area contributed by atoms with Crippen molar-refractivity contribution in [2.24, 2.45) is 5.92 Å². The van der Waals surface area contributed by atoms with Gasteiger partial charge >= 0.3 is 24.0 Å². The largest absolute Gasteiger partial charge is 0.463 e. The van der Waals surface area contributed by atoms with Crippen LogP contribution < -0.4 is 5.32 Å².